The van der Waals surface area contributed by atoms with Gasteiger partial charge in [-0.1, -0.05) is 24.4 Å². The van der Waals surface area contributed by atoms with Crippen LogP contribution in [0.2, 0.25) is 5.02 Å². The molecule has 0 bridgehead atoms. The smallest absolute Gasteiger partial charge is 0.329 e. The minimum Gasteiger partial charge on any atom is -0.480 e. The normalized spacial score (nSPS) is 16.7. The molecule has 1 fully saturated rings. The summed E-state index contributed by atoms with van der Waals surface area (Å²) in [6.07, 6.45) is 2.30. The predicted octanol–water partition coefficient (Wildman–Crippen LogP) is 3.00. The number of carbonyl (C=O) groups is 2. The van der Waals surface area contributed by atoms with E-state index in [-0.39, 0.29) is 10.7 Å². The van der Waals surface area contributed by atoms with Gasteiger partial charge in [0.05, 0.1) is 10.7 Å². The molecule has 1 aromatic rings. The molecule has 20 heavy (non-hydrogen) atoms. The van der Waals surface area contributed by atoms with Crippen LogP contribution in [-0.2, 0) is 4.79 Å². The lowest BCUT2D eigenvalue weighted by atomic mass is 9.98. The number of hydrogen-bond acceptors (Lipinski definition) is 2. The van der Waals surface area contributed by atoms with Crippen LogP contribution < -0.4 is 10.6 Å². The van der Waals surface area contributed by atoms with Crippen molar-refractivity contribution in [2.24, 2.45) is 0 Å². The van der Waals surface area contributed by atoms with Gasteiger partial charge in [0.2, 0.25) is 0 Å². The number of carboxylic acid groups (broad SMARTS) is 1. The minimum atomic E-state index is -1.23. The van der Waals surface area contributed by atoms with Crippen molar-refractivity contribution < 1.29 is 19.1 Å². The number of rotatable bonds is 3. The zero-order valence-corrected chi connectivity index (χ0v) is 11.3. The van der Waals surface area contributed by atoms with Crippen LogP contribution in [0, 0.1) is 5.82 Å². The molecule has 1 aromatic carbocycles. The van der Waals surface area contributed by atoms with Crippen LogP contribution in [0.25, 0.3) is 0 Å². The van der Waals surface area contributed by atoms with Gasteiger partial charge in [0.15, 0.2) is 0 Å². The number of benzene rings is 1. The fourth-order valence-corrected chi connectivity index (χ4v) is 2.55. The molecular weight excluding hydrogens is 287 g/mol. The lowest BCUT2D eigenvalue weighted by Gasteiger charge is -2.25. The summed E-state index contributed by atoms with van der Waals surface area (Å²) in [4.78, 5) is 23.2. The number of anilines is 1. The van der Waals surface area contributed by atoms with Crippen LogP contribution in [0.5, 0.6) is 0 Å². The summed E-state index contributed by atoms with van der Waals surface area (Å²) in [5.41, 5.74) is -1.000. The summed E-state index contributed by atoms with van der Waals surface area (Å²) in [7, 11) is 0. The van der Waals surface area contributed by atoms with E-state index < -0.39 is 23.4 Å². The number of carbonyl (C=O) groups excluding carboxylic acids is 1. The average Bonchev–Trinajstić information content (AvgIpc) is 2.82. The van der Waals surface area contributed by atoms with Gasteiger partial charge in [-0.05, 0) is 31.0 Å². The van der Waals surface area contributed by atoms with Crippen LogP contribution in [0.15, 0.2) is 18.2 Å². The first-order chi connectivity index (χ1) is 9.43. The van der Waals surface area contributed by atoms with Gasteiger partial charge in [-0.2, -0.15) is 0 Å². The van der Waals surface area contributed by atoms with Crippen molar-refractivity contribution in [3.8, 4) is 0 Å². The highest BCUT2D eigenvalue weighted by Gasteiger charge is 2.42. The van der Waals surface area contributed by atoms with Gasteiger partial charge >= 0.3 is 12.0 Å². The Morgan fingerprint density at radius 1 is 1.30 bits per heavy atom. The second-order valence-electron chi connectivity index (χ2n) is 4.80. The van der Waals surface area contributed by atoms with Crippen molar-refractivity contribution in [1.29, 1.82) is 0 Å². The number of amides is 2. The maximum Gasteiger partial charge on any atom is 0.329 e. The van der Waals surface area contributed by atoms with E-state index in [0.29, 0.717) is 12.8 Å². The Hall–Kier alpha value is -1.82. The summed E-state index contributed by atoms with van der Waals surface area (Å²) >= 11 is 5.79. The van der Waals surface area contributed by atoms with Crippen molar-refractivity contribution >= 4 is 29.3 Å². The fraction of sp³-hybridized carbons (Fsp3) is 0.385. The van der Waals surface area contributed by atoms with E-state index in [4.69, 9.17) is 11.6 Å². The molecule has 0 saturated heterocycles. The first-order valence-corrected chi connectivity index (χ1v) is 6.58. The molecule has 2 rings (SSSR count). The van der Waals surface area contributed by atoms with Crippen LogP contribution in [0.1, 0.15) is 25.7 Å². The van der Waals surface area contributed by atoms with E-state index in [9.17, 15) is 19.1 Å². The monoisotopic (exact) mass is 300 g/mol. The largest absolute Gasteiger partial charge is 0.480 e. The number of halogens is 2. The highest BCUT2D eigenvalue weighted by atomic mass is 35.5. The predicted molar refractivity (Wildman–Crippen MR) is 72.4 cm³/mol. The number of urea groups is 1. The molecule has 7 heteroatoms. The molecule has 108 valence electrons. The van der Waals surface area contributed by atoms with E-state index in [2.05, 4.69) is 10.6 Å². The Morgan fingerprint density at radius 3 is 2.50 bits per heavy atom. The highest BCUT2D eigenvalue weighted by molar-refractivity contribution is 6.33. The SMILES string of the molecule is O=C(Nc1ccc(F)cc1Cl)NC1(C(=O)O)CCCC1. The molecular formula is C13H14ClFN2O3. The Bertz CT molecular complexity index is 544. The van der Waals surface area contributed by atoms with Crippen molar-refractivity contribution in [2.75, 3.05) is 5.32 Å². The van der Waals surface area contributed by atoms with Gasteiger partial charge in [0.1, 0.15) is 11.4 Å². The zero-order chi connectivity index (χ0) is 14.8. The standard InChI is InChI=1S/C13H14ClFN2O3/c14-9-7-8(15)3-4-10(9)16-12(20)17-13(11(18)19)5-1-2-6-13/h3-4,7H,1-2,5-6H2,(H,18,19)(H2,16,17,20). The third-order valence-corrected chi connectivity index (χ3v) is 3.71. The summed E-state index contributed by atoms with van der Waals surface area (Å²) in [5, 5.41) is 14.2. The van der Waals surface area contributed by atoms with Gasteiger partial charge in [0.25, 0.3) is 0 Å². The molecule has 2 amide bonds. The molecule has 3 N–H and O–H groups in total. The van der Waals surface area contributed by atoms with E-state index in [1.165, 1.54) is 6.07 Å². The van der Waals surface area contributed by atoms with Crippen molar-refractivity contribution in [3.63, 3.8) is 0 Å². The summed E-state index contributed by atoms with van der Waals surface area (Å²) in [5.74, 6) is -1.56. The topological polar surface area (TPSA) is 78.4 Å². The van der Waals surface area contributed by atoms with Gasteiger partial charge in [0, 0.05) is 0 Å². The first-order valence-electron chi connectivity index (χ1n) is 6.20. The Kier molecular flexibility index (Phi) is 4.13. The molecule has 0 radical (unpaired) electrons. The maximum atomic E-state index is 12.9. The minimum absolute atomic E-state index is 0.0518. The lowest BCUT2D eigenvalue weighted by molar-refractivity contribution is -0.144. The van der Waals surface area contributed by atoms with Gasteiger partial charge in [-0.3, -0.25) is 0 Å². The van der Waals surface area contributed by atoms with Crippen molar-refractivity contribution in [3.05, 3.63) is 29.0 Å². The average molecular weight is 301 g/mol. The van der Waals surface area contributed by atoms with E-state index >= 15 is 0 Å². The molecule has 0 aliphatic heterocycles. The number of carboxylic acids is 1. The molecule has 1 saturated carbocycles. The second kappa shape index (κ2) is 5.66. The summed E-state index contributed by atoms with van der Waals surface area (Å²) in [6, 6.07) is 2.88. The number of hydrogen-bond donors (Lipinski definition) is 3. The van der Waals surface area contributed by atoms with E-state index in [1.54, 1.807) is 0 Å². The van der Waals surface area contributed by atoms with Gasteiger partial charge in [-0.15, -0.1) is 0 Å². The Labute approximate surface area is 120 Å². The summed E-state index contributed by atoms with van der Waals surface area (Å²) in [6.45, 7) is 0. The van der Waals surface area contributed by atoms with Crippen LogP contribution in [0.4, 0.5) is 14.9 Å². The number of nitrogens with one attached hydrogen (secondary N) is 2. The van der Waals surface area contributed by atoms with E-state index in [0.717, 1.165) is 25.0 Å². The Balaban J connectivity index is 2.07. The van der Waals surface area contributed by atoms with E-state index in [1.807, 2.05) is 0 Å². The highest BCUT2D eigenvalue weighted by Crippen LogP contribution is 2.30. The molecule has 0 atom stereocenters. The van der Waals surface area contributed by atoms with Crippen molar-refractivity contribution in [1.82, 2.24) is 5.32 Å². The lowest BCUT2D eigenvalue weighted by Crippen LogP contribution is -2.53. The molecule has 0 heterocycles. The van der Waals surface area contributed by atoms with Gasteiger partial charge in [-0.25, -0.2) is 14.0 Å². The zero-order valence-electron chi connectivity index (χ0n) is 10.6. The number of aliphatic carboxylic acids is 1. The first kappa shape index (κ1) is 14.6. The molecule has 1 aliphatic carbocycles. The molecule has 0 unspecified atom stereocenters. The molecule has 1 aliphatic rings. The fourth-order valence-electron chi connectivity index (χ4n) is 2.33. The molecule has 0 spiro atoms. The molecule has 5 nitrogen and oxygen atoms in total. The third-order valence-electron chi connectivity index (χ3n) is 3.40. The third kappa shape index (κ3) is 3.01. The second-order valence-corrected chi connectivity index (χ2v) is 5.20. The maximum absolute atomic E-state index is 12.9. The van der Waals surface area contributed by atoms with Crippen LogP contribution in [-0.4, -0.2) is 22.6 Å². The van der Waals surface area contributed by atoms with Crippen LogP contribution >= 0.6 is 11.6 Å². The quantitative estimate of drug-likeness (QED) is 0.803. The molecule has 0 aromatic heterocycles. The van der Waals surface area contributed by atoms with Crippen molar-refractivity contribution in [2.45, 2.75) is 31.2 Å². The Morgan fingerprint density at radius 2 is 1.95 bits per heavy atom. The van der Waals surface area contributed by atoms with Gasteiger partial charge < -0.3 is 15.7 Å². The van der Waals surface area contributed by atoms with Crippen LogP contribution in [0.3, 0.4) is 0 Å². The summed E-state index contributed by atoms with van der Waals surface area (Å²) < 4.78 is 12.9.